The van der Waals surface area contributed by atoms with Crippen molar-refractivity contribution in [2.45, 2.75) is 12.3 Å². The molecule has 0 spiro atoms. The first-order valence-electron chi connectivity index (χ1n) is 8.11. The zero-order chi connectivity index (χ0) is 20.2. The number of carbonyl (C=O) groups is 2. The lowest BCUT2D eigenvalue weighted by atomic mass is 9.83. The van der Waals surface area contributed by atoms with E-state index in [1.165, 1.54) is 25.0 Å². The van der Waals surface area contributed by atoms with Gasteiger partial charge in [-0.15, -0.1) is 0 Å². The molecule has 7 heteroatoms. The number of nitrogens with one attached hydrogen (secondary N) is 1. The molecule has 0 saturated heterocycles. The Bertz CT molecular complexity index is 904. The summed E-state index contributed by atoms with van der Waals surface area (Å²) in [6, 6.07) is 13.3. The third-order valence-corrected chi connectivity index (χ3v) is 4.45. The van der Waals surface area contributed by atoms with Crippen LogP contribution < -0.4 is 10.1 Å². The SMILES string of the molecule is COc1ccc(NC(=O)[C@](C)(C#N)c2ccc(Cl)cc2)cc1C(=O)N(C)C. The van der Waals surface area contributed by atoms with E-state index >= 15 is 0 Å². The second-order valence-electron chi connectivity index (χ2n) is 6.31. The number of amides is 2. The molecule has 0 fully saturated rings. The van der Waals surface area contributed by atoms with E-state index in [4.69, 9.17) is 16.3 Å². The Balaban J connectivity index is 2.36. The van der Waals surface area contributed by atoms with Crippen LogP contribution in [0.1, 0.15) is 22.8 Å². The largest absolute Gasteiger partial charge is 0.496 e. The number of carbonyl (C=O) groups excluding carboxylic acids is 2. The summed E-state index contributed by atoms with van der Waals surface area (Å²) in [6.07, 6.45) is 0. The fraction of sp³-hybridized carbons (Fsp3) is 0.250. The van der Waals surface area contributed by atoms with Crippen LogP contribution in [-0.4, -0.2) is 37.9 Å². The monoisotopic (exact) mass is 385 g/mol. The van der Waals surface area contributed by atoms with Crippen molar-refractivity contribution in [2.75, 3.05) is 26.5 Å². The average molecular weight is 386 g/mol. The van der Waals surface area contributed by atoms with Gasteiger partial charge in [-0.25, -0.2) is 0 Å². The van der Waals surface area contributed by atoms with Crippen molar-refractivity contribution in [3.8, 4) is 11.8 Å². The first-order valence-corrected chi connectivity index (χ1v) is 8.49. The van der Waals surface area contributed by atoms with Crippen LogP contribution in [-0.2, 0) is 10.2 Å². The van der Waals surface area contributed by atoms with Gasteiger partial charge in [0.2, 0.25) is 5.91 Å². The Hall–Kier alpha value is -3.04. The van der Waals surface area contributed by atoms with Crippen LogP contribution >= 0.6 is 11.6 Å². The molecule has 0 saturated carbocycles. The number of benzene rings is 2. The molecule has 2 aromatic carbocycles. The third kappa shape index (κ3) is 4.21. The molecule has 1 atom stereocenters. The Labute approximate surface area is 163 Å². The predicted octanol–water partition coefficient (Wildman–Crippen LogP) is 3.47. The summed E-state index contributed by atoms with van der Waals surface area (Å²) in [5, 5.41) is 12.9. The van der Waals surface area contributed by atoms with Gasteiger partial charge < -0.3 is 15.0 Å². The van der Waals surface area contributed by atoms with Gasteiger partial charge in [-0.3, -0.25) is 9.59 Å². The fourth-order valence-electron chi connectivity index (χ4n) is 2.48. The van der Waals surface area contributed by atoms with Crippen LogP contribution in [0, 0.1) is 11.3 Å². The number of nitriles is 1. The van der Waals surface area contributed by atoms with Crippen LogP contribution in [0.4, 0.5) is 5.69 Å². The molecule has 0 radical (unpaired) electrons. The highest BCUT2D eigenvalue weighted by atomic mass is 35.5. The fourth-order valence-corrected chi connectivity index (χ4v) is 2.61. The Morgan fingerprint density at radius 1 is 1.19 bits per heavy atom. The molecular weight excluding hydrogens is 366 g/mol. The predicted molar refractivity (Wildman–Crippen MR) is 104 cm³/mol. The standard InChI is InChI=1S/C20H20ClN3O3/c1-20(12-22,13-5-7-14(21)8-6-13)19(26)23-15-9-10-17(27-4)16(11-15)18(25)24(2)3/h5-11H,1-4H3,(H,23,26)/t20-/m1/s1. The number of halogens is 1. The summed E-state index contributed by atoms with van der Waals surface area (Å²) in [7, 11) is 4.72. The molecule has 2 amide bonds. The molecule has 2 aromatic rings. The Morgan fingerprint density at radius 3 is 2.33 bits per heavy atom. The number of hydrogen-bond acceptors (Lipinski definition) is 4. The summed E-state index contributed by atoms with van der Waals surface area (Å²) < 4.78 is 5.22. The van der Waals surface area contributed by atoms with E-state index in [0.717, 1.165) is 0 Å². The van der Waals surface area contributed by atoms with Crippen molar-refractivity contribution in [1.29, 1.82) is 5.26 Å². The molecule has 27 heavy (non-hydrogen) atoms. The summed E-state index contributed by atoms with van der Waals surface area (Å²) in [6.45, 7) is 1.53. The van der Waals surface area contributed by atoms with E-state index in [9.17, 15) is 14.9 Å². The van der Waals surface area contributed by atoms with Gasteiger partial charge in [0.15, 0.2) is 5.41 Å². The number of nitrogens with zero attached hydrogens (tertiary/aromatic N) is 2. The molecule has 0 heterocycles. The van der Waals surface area contributed by atoms with E-state index in [1.807, 2.05) is 0 Å². The Kier molecular flexibility index (Phi) is 6.09. The van der Waals surface area contributed by atoms with Gasteiger partial charge in [-0.1, -0.05) is 23.7 Å². The minimum atomic E-state index is -1.42. The average Bonchev–Trinajstić information content (AvgIpc) is 2.67. The maximum atomic E-state index is 12.8. The third-order valence-electron chi connectivity index (χ3n) is 4.19. The molecule has 6 nitrogen and oxygen atoms in total. The highest BCUT2D eigenvalue weighted by Crippen LogP contribution is 2.28. The minimum Gasteiger partial charge on any atom is -0.496 e. The summed E-state index contributed by atoms with van der Waals surface area (Å²) in [5.74, 6) is -0.378. The van der Waals surface area contributed by atoms with E-state index in [-0.39, 0.29) is 5.91 Å². The van der Waals surface area contributed by atoms with Crippen molar-refractivity contribution >= 4 is 29.1 Å². The molecule has 0 aliphatic rings. The van der Waals surface area contributed by atoms with E-state index in [2.05, 4.69) is 11.4 Å². The molecule has 0 bridgehead atoms. The van der Waals surface area contributed by atoms with E-state index in [1.54, 1.807) is 50.5 Å². The maximum absolute atomic E-state index is 12.8. The minimum absolute atomic E-state index is 0.260. The lowest BCUT2D eigenvalue weighted by Crippen LogP contribution is -2.36. The topological polar surface area (TPSA) is 82.4 Å². The lowest BCUT2D eigenvalue weighted by Gasteiger charge is -2.22. The van der Waals surface area contributed by atoms with Gasteiger partial charge in [0.05, 0.1) is 18.7 Å². The van der Waals surface area contributed by atoms with Crippen molar-refractivity contribution in [1.82, 2.24) is 4.90 Å². The van der Waals surface area contributed by atoms with Crippen molar-refractivity contribution in [3.05, 3.63) is 58.6 Å². The van der Waals surface area contributed by atoms with Gasteiger partial charge in [0.1, 0.15) is 5.75 Å². The van der Waals surface area contributed by atoms with Crippen LogP contribution in [0.15, 0.2) is 42.5 Å². The molecular formula is C20H20ClN3O3. The quantitative estimate of drug-likeness (QED) is 0.854. The van der Waals surface area contributed by atoms with E-state index in [0.29, 0.717) is 27.6 Å². The van der Waals surface area contributed by atoms with Crippen LogP contribution in [0.3, 0.4) is 0 Å². The first kappa shape index (κ1) is 20.3. The van der Waals surface area contributed by atoms with Crippen LogP contribution in [0.5, 0.6) is 5.75 Å². The second kappa shape index (κ2) is 8.11. The number of methoxy groups -OCH3 is 1. The maximum Gasteiger partial charge on any atom is 0.257 e. The zero-order valence-corrected chi connectivity index (χ0v) is 16.3. The van der Waals surface area contributed by atoms with Gasteiger partial charge in [0, 0.05) is 24.8 Å². The van der Waals surface area contributed by atoms with Crippen molar-refractivity contribution < 1.29 is 14.3 Å². The smallest absolute Gasteiger partial charge is 0.257 e. The number of rotatable bonds is 5. The van der Waals surface area contributed by atoms with E-state index < -0.39 is 11.3 Å². The number of anilines is 1. The molecule has 140 valence electrons. The number of hydrogen-bond donors (Lipinski definition) is 1. The van der Waals surface area contributed by atoms with Crippen LogP contribution in [0.2, 0.25) is 5.02 Å². The highest BCUT2D eigenvalue weighted by Gasteiger charge is 2.35. The van der Waals surface area contributed by atoms with Crippen molar-refractivity contribution in [3.63, 3.8) is 0 Å². The van der Waals surface area contributed by atoms with Crippen LogP contribution in [0.25, 0.3) is 0 Å². The summed E-state index contributed by atoms with van der Waals surface area (Å²) in [4.78, 5) is 26.6. The van der Waals surface area contributed by atoms with Gasteiger partial charge >= 0.3 is 0 Å². The lowest BCUT2D eigenvalue weighted by molar-refractivity contribution is -0.119. The molecule has 0 aliphatic carbocycles. The molecule has 1 N–H and O–H groups in total. The Morgan fingerprint density at radius 2 is 1.81 bits per heavy atom. The summed E-state index contributed by atoms with van der Waals surface area (Å²) in [5.41, 5.74) is -0.201. The van der Waals surface area contributed by atoms with Gasteiger partial charge in [-0.05, 0) is 42.8 Å². The molecule has 0 aliphatic heterocycles. The first-order chi connectivity index (χ1) is 12.7. The van der Waals surface area contributed by atoms with Gasteiger partial charge in [-0.2, -0.15) is 5.26 Å². The normalized spacial score (nSPS) is 12.4. The number of ether oxygens (including phenoxy) is 1. The van der Waals surface area contributed by atoms with Gasteiger partial charge in [0.25, 0.3) is 5.91 Å². The van der Waals surface area contributed by atoms with Crippen molar-refractivity contribution in [2.24, 2.45) is 0 Å². The highest BCUT2D eigenvalue weighted by molar-refractivity contribution is 6.30. The molecule has 2 rings (SSSR count). The molecule has 0 aromatic heterocycles. The zero-order valence-electron chi connectivity index (χ0n) is 15.5. The summed E-state index contributed by atoms with van der Waals surface area (Å²) >= 11 is 5.88. The second-order valence-corrected chi connectivity index (χ2v) is 6.75. The molecule has 0 unspecified atom stereocenters.